The van der Waals surface area contributed by atoms with Gasteiger partial charge in [0.05, 0.1) is 30.5 Å². The zero-order valence-corrected chi connectivity index (χ0v) is 15.5. The molecule has 2 aliphatic heterocycles. The van der Waals surface area contributed by atoms with Crippen molar-refractivity contribution < 1.29 is 19.7 Å². The molecule has 0 bridgehead atoms. The van der Waals surface area contributed by atoms with Crippen LogP contribution in [-0.4, -0.2) is 47.3 Å². The normalized spacial score (nSPS) is 57.6. The van der Waals surface area contributed by atoms with Crippen LogP contribution in [0.1, 0.15) is 65.7 Å². The lowest BCUT2D eigenvalue weighted by Crippen LogP contribution is -2.66. The second-order valence-corrected chi connectivity index (χ2v) is 9.64. The molecule has 4 heteroatoms. The Hall–Kier alpha value is -0.160. The summed E-state index contributed by atoms with van der Waals surface area (Å²) in [5, 5.41) is 20.8. The van der Waals surface area contributed by atoms with Gasteiger partial charge in [-0.05, 0) is 50.4 Å². The van der Waals surface area contributed by atoms with E-state index in [1.807, 2.05) is 0 Å². The van der Waals surface area contributed by atoms with E-state index in [1.54, 1.807) is 0 Å². The van der Waals surface area contributed by atoms with E-state index in [1.165, 1.54) is 0 Å². The lowest BCUT2D eigenvalue weighted by molar-refractivity contribution is -0.266. The molecule has 138 valence electrons. The van der Waals surface area contributed by atoms with Gasteiger partial charge in [0.1, 0.15) is 0 Å². The summed E-state index contributed by atoms with van der Waals surface area (Å²) in [4.78, 5) is 0. The van der Waals surface area contributed by atoms with Crippen LogP contribution in [0.3, 0.4) is 0 Å². The molecule has 24 heavy (non-hydrogen) atoms. The van der Waals surface area contributed by atoms with Crippen molar-refractivity contribution >= 4 is 0 Å². The van der Waals surface area contributed by atoms with Crippen LogP contribution in [-0.2, 0) is 9.47 Å². The molecule has 4 rings (SSSR count). The fraction of sp³-hybridized carbons (Fsp3) is 1.00. The largest absolute Gasteiger partial charge is 0.396 e. The molecule has 4 fully saturated rings. The van der Waals surface area contributed by atoms with Gasteiger partial charge in [0.25, 0.3) is 0 Å². The molecule has 2 N–H and O–H groups in total. The van der Waals surface area contributed by atoms with E-state index in [0.717, 1.165) is 58.2 Å². The molecule has 2 saturated carbocycles. The molecule has 4 aliphatic rings. The Morgan fingerprint density at radius 3 is 2.50 bits per heavy atom. The minimum Gasteiger partial charge on any atom is -0.396 e. The highest BCUT2D eigenvalue weighted by Crippen LogP contribution is 2.68. The van der Waals surface area contributed by atoms with Gasteiger partial charge >= 0.3 is 0 Å². The molecule has 2 heterocycles. The zero-order chi connectivity index (χ0) is 17.2. The molecule has 0 aromatic rings. The first-order valence-corrected chi connectivity index (χ1v) is 9.89. The van der Waals surface area contributed by atoms with Gasteiger partial charge in [-0.25, -0.2) is 0 Å². The van der Waals surface area contributed by atoms with Crippen LogP contribution in [0, 0.1) is 22.7 Å². The smallest absolute Gasteiger partial charge is 0.0945 e. The number of rotatable bonds is 1. The van der Waals surface area contributed by atoms with Gasteiger partial charge in [-0.3, -0.25) is 0 Å². The van der Waals surface area contributed by atoms with E-state index < -0.39 is 11.5 Å². The summed E-state index contributed by atoms with van der Waals surface area (Å²) >= 11 is 0. The third-order valence-electron chi connectivity index (χ3n) is 8.67. The van der Waals surface area contributed by atoms with Gasteiger partial charge in [0, 0.05) is 23.9 Å². The van der Waals surface area contributed by atoms with Gasteiger partial charge in [-0.2, -0.15) is 0 Å². The molecule has 0 unspecified atom stereocenters. The predicted molar refractivity (Wildman–Crippen MR) is 91.6 cm³/mol. The molecule has 2 aliphatic carbocycles. The Labute approximate surface area is 145 Å². The predicted octanol–water partition coefficient (Wildman–Crippen LogP) is 2.90. The first-order valence-electron chi connectivity index (χ1n) is 9.89. The van der Waals surface area contributed by atoms with E-state index in [-0.39, 0.29) is 23.2 Å². The molecule has 2 spiro atoms. The highest BCUT2D eigenvalue weighted by molar-refractivity contribution is 5.17. The molecule has 4 nitrogen and oxygen atoms in total. The first-order chi connectivity index (χ1) is 11.3. The van der Waals surface area contributed by atoms with Crippen molar-refractivity contribution in [2.45, 2.75) is 83.0 Å². The van der Waals surface area contributed by atoms with Crippen molar-refractivity contribution in [3.8, 4) is 0 Å². The van der Waals surface area contributed by atoms with Crippen LogP contribution >= 0.6 is 0 Å². The van der Waals surface area contributed by atoms with Crippen LogP contribution in [0.4, 0.5) is 0 Å². The number of hydrogen-bond acceptors (Lipinski definition) is 4. The summed E-state index contributed by atoms with van der Waals surface area (Å²) in [5.41, 5.74) is -0.593. The second kappa shape index (κ2) is 5.42. The maximum atomic E-state index is 10.7. The monoisotopic (exact) mass is 338 g/mol. The van der Waals surface area contributed by atoms with Gasteiger partial charge in [-0.15, -0.1) is 0 Å². The fourth-order valence-electron chi connectivity index (χ4n) is 7.00. The average molecular weight is 338 g/mol. The maximum absolute atomic E-state index is 10.7. The Morgan fingerprint density at radius 1 is 1.04 bits per heavy atom. The Bertz CT molecular complexity index is 502. The number of aliphatic hydroxyl groups is 2. The van der Waals surface area contributed by atoms with Crippen molar-refractivity contribution in [2.24, 2.45) is 22.7 Å². The highest BCUT2D eigenvalue weighted by Gasteiger charge is 2.69. The summed E-state index contributed by atoms with van der Waals surface area (Å²) < 4.78 is 12.7. The molecule has 0 radical (unpaired) electrons. The first kappa shape index (κ1) is 17.3. The maximum Gasteiger partial charge on any atom is 0.0945 e. The van der Waals surface area contributed by atoms with Crippen molar-refractivity contribution in [1.29, 1.82) is 0 Å². The number of fused-ring (bicyclic) bond motifs is 2. The van der Waals surface area contributed by atoms with E-state index in [9.17, 15) is 10.2 Å². The summed E-state index contributed by atoms with van der Waals surface area (Å²) in [6.07, 6.45) is 6.78. The van der Waals surface area contributed by atoms with Gasteiger partial charge in [0.2, 0.25) is 0 Å². The number of hydrogen-bond donors (Lipinski definition) is 2. The SMILES string of the molecule is C[C@@H]1CC[C@@H]2[C@](C)(CO)[C@@H](O)CC[C@]2(C)[C@@]12CC[C@]1(CCOC1)O2. The summed E-state index contributed by atoms with van der Waals surface area (Å²) in [6, 6.07) is 0. The van der Waals surface area contributed by atoms with Crippen LogP contribution in [0.5, 0.6) is 0 Å². The molecule has 0 amide bonds. The van der Waals surface area contributed by atoms with Crippen molar-refractivity contribution in [2.75, 3.05) is 19.8 Å². The third-order valence-corrected chi connectivity index (χ3v) is 8.67. The average Bonchev–Trinajstić information content (AvgIpc) is 3.18. The number of aliphatic hydroxyl groups excluding tert-OH is 2. The molecule has 0 aromatic heterocycles. The van der Waals surface area contributed by atoms with E-state index >= 15 is 0 Å². The minimum atomic E-state index is -0.411. The van der Waals surface area contributed by atoms with Crippen molar-refractivity contribution in [3.63, 3.8) is 0 Å². The third kappa shape index (κ3) is 2.00. The van der Waals surface area contributed by atoms with E-state index in [4.69, 9.17) is 9.47 Å². The lowest BCUT2D eigenvalue weighted by atomic mass is 9.43. The van der Waals surface area contributed by atoms with Crippen LogP contribution < -0.4 is 0 Å². The van der Waals surface area contributed by atoms with Crippen LogP contribution in [0.2, 0.25) is 0 Å². The summed E-state index contributed by atoms with van der Waals surface area (Å²) in [6.45, 7) is 8.46. The van der Waals surface area contributed by atoms with E-state index in [2.05, 4.69) is 20.8 Å². The summed E-state index contributed by atoms with van der Waals surface area (Å²) in [5.74, 6) is 0.837. The second-order valence-electron chi connectivity index (χ2n) is 9.64. The van der Waals surface area contributed by atoms with Crippen LogP contribution in [0.15, 0.2) is 0 Å². The van der Waals surface area contributed by atoms with E-state index in [0.29, 0.717) is 11.8 Å². The summed E-state index contributed by atoms with van der Waals surface area (Å²) in [7, 11) is 0. The van der Waals surface area contributed by atoms with Crippen molar-refractivity contribution in [1.82, 2.24) is 0 Å². The molecule has 7 atom stereocenters. The standard InChI is InChI=1S/C20H34O4/c1-14-4-5-15-17(2,12-21)16(22)6-7-18(15,3)20(14)9-8-19(24-20)10-11-23-13-19/h14-16,21-22H,4-13H2,1-3H3/t14-,15-,16+,17+,18+,19-,20-/m1/s1. The van der Waals surface area contributed by atoms with Crippen LogP contribution in [0.25, 0.3) is 0 Å². The lowest BCUT2D eigenvalue weighted by Gasteiger charge is -2.65. The molecule has 0 aromatic carbocycles. The molecule has 2 saturated heterocycles. The Balaban J connectivity index is 1.74. The topological polar surface area (TPSA) is 58.9 Å². The molecular weight excluding hydrogens is 304 g/mol. The minimum absolute atomic E-state index is 0.0213. The van der Waals surface area contributed by atoms with Crippen molar-refractivity contribution in [3.05, 3.63) is 0 Å². The number of ether oxygens (including phenoxy) is 2. The van der Waals surface area contributed by atoms with Gasteiger partial charge in [0.15, 0.2) is 0 Å². The van der Waals surface area contributed by atoms with Gasteiger partial charge < -0.3 is 19.7 Å². The highest BCUT2D eigenvalue weighted by atomic mass is 16.6. The van der Waals surface area contributed by atoms with Gasteiger partial charge in [-0.1, -0.05) is 20.8 Å². The quantitative estimate of drug-likeness (QED) is 0.772. The molecular formula is C20H34O4. The zero-order valence-electron chi connectivity index (χ0n) is 15.5. The fourth-order valence-corrected chi connectivity index (χ4v) is 7.00. The Morgan fingerprint density at radius 2 is 1.83 bits per heavy atom. The Kier molecular flexibility index (Phi) is 3.90.